The van der Waals surface area contributed by atoms with Gasteiger partial charge in [0.05, 0.1) is 6.61 Å². The summed E-state index contributed by atoms with van der Waals surface area (Å²) in [5, 5.41) is 12.2. The molecular formula is C15H20N2O4. The topological polar surface area (TPSA) is 78.9 Å². The minimum absolute atomic E-state index is 0.0903. The Morgan fingerprint density at radius 2 is 2.19 bits per heavy atom. The lowest BCUT2D eigenvalue weighted by molar-refractivity contribution is -0.145. The maximum atomic E-state index is 12.3. The molecule has 0 spiro atoms. The highest BCUT2D eigenvalue weighted by Crippen LogP contribution is 2.33. The van der Waals surface area contributed by atoms with Crippen molar-refractivity contribution in [1.29, 1.82) is 0 Å². The third-order valence-corrected chi connectivity index (χ3v) is 3.60. The van der Waals surface area contributed by atoms with Gasteiger partial charge in [0, 0.05) is 38.2 Å². The van der Waals surface area contributed by atoms with E-state index in [1.54, 1.807) is 0 Å². The molecule has 0 aliphatic carbocycles. The number of nitrogens with one attached hydrogen (secondary N) is 1. The first-order valence-corrected chi connectivity index (χ1v) is 6.93. The van der Waals surface area contributed by atoms with Crippen LogP contribution in [-0.4, -0.2) is 55.2 Å². The number of nitrogens with zero attached hydrogens (tertiary/aromatic N) is 1. The lowest BCUT2D eigenvalue weighted by Crippen LogP contribution is -2.38. The second-order valence-electron chi connectivity index (χ2n) is 5.07. The molecule has 1 atom stereocenters. The number of amides is 1. The molecule has 21 heavy (non-hydrogen) atoms. The highest BCUT2D eigenvalue weighted by atomic mass is 16.5. The molecule has 0 saturated heterocycles. The molecule has 0 radical (unpaired) electrons. The SMILES string of the molecule is COCCN(CC(=O)O)C(=O)CC1CNc2ccccc21. The minimum Gasteiger partial charge on any atom is -0.480 e. The maximum absolute atomic E-state index is 12.3. The highest BCUT2D eigenvalue weighted by molar-refractivity contribution is 5.82. The van der Waals surface area contributed by atoms with Gasteiger partial charge in [-0.25, -0.2) is 0 Å². The quantitative estimate of drug-likeness (QED) is 0.788. The van der Waals surface area contributed by atoms with Crippen molar-refractivity contribution in [3.63, 3.8) is 0 Å². The van der Waals surface area contributed by atoms with Gasteiger partial charge in [-0.1, -0.05) is 18.2 Å². The van der Waals surface area contributed by atoms with E-state index in [1.807, 2.05) is 24.3 Å². The molecule has 1 aliphatic rings. The Kier molecular flexibility index (Phi) is 5.16. The largest absolute Gasteiger partial charge is 0.480 e. The number of hydrogen-bond donors (Lipinski definition) is 2. The van der Waals surface area contributed by atoms with Crippen molar-refractivity contribution in [3.8, 4) is 0 Å². The standard InChI is InChI=1S/C15H20N2O4/c1-21-7-6-17(10-15(19)20)14(18)8-11-9-16-13-5-3-2-4-12(11)13/h2-5,11,16H,6-10H2,1H3,(H,19,20). The average molecular weight is 292 g/mol. The summed E-state index contributed by atoms with van der Waals surface area (Å²) in [6, 6.07) is 7.89. The summed E-state index contributed by atoms with van der Waals surface area (Å²) in [5.41, 5.74) is 2.17. The van der Waals surface area contributed by atoms with E-state index in [9.17, 15) is 9.59 Å². The number of benzene rings is 1. The van der Waals surface area contributed by atoms with Gasteiger partial charge in [-0.15, -0.1) is 0 Å². The number of carbonyl (C=O) groups is 2. The first-order valence-electron chi connectivity index (χ1n) is 6.93. The van der Waals surface area contributed by atoms with Gasteiger partial charge < -0.3 is 20.1 Å². The van der Waals surface area contributed by atoms with Crippen LogP contribution in [0.2, 0.25) is 0 Å². The molecule has 0 saturated carbocycles. The lowest BCUT2D eigenvalue weighted by atomic mass is 9.97. The van der Waals surface area contributed by atoms with Gasteiger partial charge in [-0.3, -0.25) is 9.59 Å². The van der Waals surface area contributed by atoms with Gasteiger partial charge in [-0.05, 0) is 11.6 Å². The molecule has 1 unspecified atom stereocenters. The molecule has 6 heteroatoms. The molecule has 1 aromatic rings. The molecule has 2 rings (SSSR count). The van der Waals surface area contributed by atoms with Crippen LogP contribution in [0.25, 0.3) is 0 Å². The third kappa shape index (κ3) is 3.95. The van der Waals surface area contributed by atoms with E-state index in [2.05, 4.69) is 5.32 Å². The Labute approximate surface area is 123 Å². The summed E-state index contributed by atoms with van der Waals surface area (Å²) in [7, 11) is 1.53. The fraction of sp³-hybridized carbons (Fsp3) is 0.467. The Bertz CT molecular complexity index is 518. The van der Waals surface area contributed by atoms with E-state index < -0.39 is 5.97 Å². The van der Waals surface area contributed by atoms with Gasteiger partial charge in [0.25, 0.3) is 0 Å². The van der Waals surface area contributed by atoms with Crippen LogP contribution in [0.1, 0.15) is 17.9 Å². The summed E-state index contributed by atoms with van der Waals surface area (Å²) < 4.78 is 4.93. The van der Waals surface area contributed by atoms with Gasteiger partial charge in [0.1, 0.15) is 6.54 Å². The van der Waals surface area contributed by atoms with E-state index in [0.29, 0.717) is 26.1 Å². The van der Waals surface area contributed by atoms with Crippen molar-refractivity contribution < 1.29 is 19.4 Å². The van der Waals surface area contributed by atoms with Crippen LogP contribution in [0.5, 0.6) is 0 Å². The van der Waals surface area contributed by atoms with Crippen molar-refractivity contribution in [2.45, 2.75) is 12.3 Å². The summed E-state index contributed by atoms with van der Waals surface area (Å²) in [6.45, 7) is 1.04. The van der Waals surface area contributed by atoms with Crippen molar-refractivity contribution in [3.05, 3.63) is 29.8 Å². The van der Waals surface area contributed by atoms with Gasteiger partial charge >= 0.3 is 5.97 Å². The molecular weight excluding hydrogens is 272 g/mol. The number of aliphatic carboxylic acids is 1. The zero-order chi connectivity index (χ0) is 15.2. The second-order valence-corrected chi connectivity index (χ2v) is 5.07. The molecule has 114 valence electrons. The van der Waals surface area contributed by atoms with Gasteiger partial charge in [0.2, 0.25) is 5.91 Å². The number of carboxylic acids is 1. The smallest absolute Gasteiger partial charge is 0.323 e. The number of carbonyl (C=O) groups excluding carboxylic acids is 1. The van der Waals surface area contributed by atoms with E-state index in [1.165, 1.54) is 12.0 Å². The Morgan fingerprint density at radius 3 is 2.90 bits per heavy atom. The number of para-hydroxylation sites is 1. The normalized spacial score (nSPS) is 16.1. The number of carboxylic acid groups (broad SMARTS) is 1. The first kappa shape index (κ1) is 15.3. The minimum atomic E-state index is -1.01. The van der Waals surface area contributed by atoms with Crippen molar-refractivity contribution in [2.75, 3.05) is 38.7 Å². The fourth-order valence-corrected chi connectivity index (χ4v) is 2.54. The Balaban J connectivity index is 2.00. The average Bonchev–Trinajstić information content (AvgIpc) is 2.86. The first-order chi connectivity index (χ1) is 10.1. The number of ether oxygens (including phenoxy) is 1. The predicted octanol–water partition coefficient (Wildman–Crippen LogP) is 1.15. The number of methoxy groups -OCH3 is 1. The van der Waals surface area contributed by atoms with E-state index >= 15 is 0 Å². The summed E-state index contributed by atoms with van der Waals surface area (Å²) in [4.78, 5) is 24.5. The van der Waals surface area contributed by atoms with Crippen LogP contribution in [0.3, 0.4) is 0 Å². The van der Waals surface area contributed by atoms with E-state index in [4.69, 9.17) is 9.84 Å². The molecule has 1 aromatic carbocycles. The second kappa shape index (κ2) is 7.08. The van der Waals surface area contributed by atoms with Crippen LogP contribution < -0.4 is 5.32 Å². The Morgan fingerprint density at radius 1 is 1.43 bits per heavy atom. The molecule has 2 N–H and O–H groups in total. The summed E-state index contributed by atoms with van der Waals surface area (Å²) >= 11 is 0. The van der Waals surface area contributed by atoms with Crippen LogP contribution in [-0.2, 0) is 14.3 Å². The molecule has 6 nitrogen and oxygen atoms in total. The van der Waals surface area contributed by atoms with Gasteiger partial charge in [0.15, 0.2) is 0 Å². The Hall–Kier alpha value is -2.08. The van der Waals surface area contributed by atoms with Crippen molar-refractivity contribution >= 4 is 17.6 Å². The third-order valence-electron chi connectivity index (χ3n) is 3.60. The monoisotopic (exact) mass is 292 g/mol. The van der Waals surface area contributed by atoms with E-state index in [0.717, 1.165) is 11.3 Å². The van der Waals surface area contributed by atoms with E-state index in [-0.39, 0.29) is 18.4 Å². The highest BCUT2D eigenvalue weighted by Gasteiger charge is 2.26. The summed E-state index contributed by atoms with van der Waals surface area (Å²) in [5.74, 6) is -1.07. The van der Waals surface area contributed by atoms with Gasteiger partial charge in [-0.2, -0.15) is 0 Å². The zero-order valence-corrected chi connectivity index (χ0v) is 12.0. The molecule has 0 bridgehead atoms. The van der Waals surface area contributed by atoms with Crippen LogP contribution in [0.4, 0.5) is 5.69 Å². The van der Waals surface area contributed by atoms with Crippen molar-refractivity contribution in [2.24, 2.45) is 0 Å². The molecule has 0 aromatic heterocycles. The molecule has 1 heterocycles. The lowest BCUT2D eigenvalue weighted by Gasteiger charge is -2.22. The number of rotatable bonds is 7. The molecule has 0 fully saturated rings. The predicted molar refractivity (Wildman–Crippen MR) is 78.4 cm³/mol. The number of hydrogen-bond acceptors (Lipinski definition) is 4. The van der Waals surface area contributed by atoms with Crippen LogP contribution in [0, 0.1) is 0 Å². The fourth-order valence-electron chi connectivity index (χ4n) is 2.54. The zero-order valence-electron chi connectivity index (χ0n) is 12.0. The van der Waals surface area contributed by atoms with Crippen LogP contribution >= 0.6 is 0 Å². The molecule has 1 amide bonds. The molecule has 1 aliphatic heterocycles. The number of fused-ring (bicyclic) bond motifs is 1. The maximum Gasteiger partial charge on any atom is 0.323 e. The van der Waals surface area contributed by atoms with Crippen LogP contribution in [0.15, 0.2) is 24.3 Å². The van der Waals surface area contributed by atoms with Crippen molar-refractivity contribution in [1.82, 2.24) is 4.90 Å². The number of anilines is 1. The summed E-state index contributed by atoms with van der Waals surface area (Å²) in [6.07, 6.45) is 0.307.